The van der Waals surface area contributed by atoms with Crippen molar-refractivity contribution in [2.24, 2.45) is 11.8 Å². The van der Waals surface area contributed by atoms with Crippen LogP contribution in [0.1, 0.15) is 50.8 Å². The van der Waals surface area contributed by atoms with Gasteiger partial charge in [0.25, 0.3) is 0 Å². The zero-order valence-electron chi connectivity index (χ0n) is 13.6. The third-order valence-corrected chi connectivity index (χ3v) is 4.92. The Kier molecular flexibility index (Phi) is 4.47. The van der Waals surface area contributed by atoms with Crippen LogP contribution in [0, 0.1) is 11.8 Å². The van der Waals surface area contributed by atoms with Gasteiger partial charge in [0.2, 0.25) is 17.7 Å². The summed E-state index contributed by atoms with van der Waals surface area (Å²) in [4.78, 5) is 14.3. The Bertz CT molecular complexity index is 514. The first-order valence-electron chi connectivity index (χ1n) is 8.19. The van der Waals surface area contributed by atoms with E-state index in [-0.39, 0.29) is 11.8 Å². The van der Waals surface area contributed by atoms with Gasteiger partial charge in [0.1, 0.15) is 0 Å². The maximum atomic E-state index is 12.3. The molecule has 1 aliphatic heterocycles. The van der Waals surface area contributed by atoms with E-state index in [2.05, 4.69) is 10.2 Å². The average Bonchev–Trinajstić information content (AvgIpc) is 3.18. The fraction of sp³-hybridized carbons (Fsp3) is 0.812. The Balaban J connectivity index is 1.47. The summed E-state index contributed by atoms with van der Waals surface area (Å²) in [7, 11) is 1.78. The molecule has 6 nitrogen and oxygen atoms in total. The molecular formula is C16H25N3O3. The summed E-state index contributed by atoms with van der Waals surface area (Å²) in [5.74, 6) is 2.87. The summed E-state index contributed by atoms with van der Waals surface area (Å²) in [6.45, 7) is 5.78. The average molecular weight is 307 g/mol. The van der Waals surface area contributed by atoms with Crippen LogP contribution in [0.2, 0.25) is 0 Å². The molecule has 2 fully saturated rings. The second kappa shape index (κ2) is 6.36. The van der Waals surface area contributed by atoms with Gasteiger partial charge in [0.15, 0.2) is 0 Å². The van der Waals surface area contributed by atoms with Crippen LogP contribution in [0.25, 0.3) is 0 Å². The van der Waals surface area contributed by atoms with Crippen LogP contribution in [0.4, 0.5) is 0 Å². The van der Waals surface area contributed by atoms with Gasteiger partial charge in [-0.2, -0.15) is 0 Å². The van der Waals surface area contributed by atoms with E-state index < -0.39 is 0 Å². The molecule has 1 saturated carbocycles. The number of aryl methyl sites for hydroxylation is 1. The SMILES string of the molecule is COC1C[C@@H]2CN(C(=O)CCc3nnc(C(C)C)o3)C[C@@H]2C1. The standard InChI is InChI=1S/C16H25N3O3/c1-10(2)16-18-17-14(22-16)4-5-15(20)19-8-11-6-13(21-3)7-12(11)9-19/h10-13H,4-9H2,1-3H3/t11-,12+,13?. The number of ether oxygens (including phenoxy) is 1. The minimum atomic E-state index is 0.202. The molecule has 0 aromatic carbocycles. The van der Waals surface area contributed by atoms with Crippen molar-refractivity contribution < 1.29 is 13.9 Å². The van der Waals surface area contributed by atoms with Crippen molar-refractivity contribution in [1.29, 1.82) is 0 Å². The topological polar surface area (TPSA) is 68.5 Å². The molecule has 1 aromatic heterocycles. The van der Waals surface area contributed by atoms with E-state index in [4.69, 9.17) is 9.15 Å². The fourth-order valence-corrected chi connectivity index (χ4v) is 3.61. The molecule has 6 heteroatoms. The van der Waals surface area contributed by atoms with Crippen molar-refractivity contribution in [2.45, 2.75) is 51.6 Å². The van der Waals surface area contributed by atoms with E-state index in [1.54, 1.807) is 7.11 Å². The number of likely N-dealkylation sites (tertiary alicyclic amines) is 1. The highest BCUT2D eigenvalue weighted by Gasteiger charge is 2.42. The van der Waals surface area contributed by atoms with Crippen LogP contribution in [0.5, 0.6) is 0 Å². The Morgan fingerprint density at radius 2 is 2.00 bits per heavy atom. The molecule has 1 amide bonds. The number of nitrogens with zero attached hydrogens (tertiary/aromatic N) is 3. The van der Waals surface area contributed by atoms with Gasteiger partial charge in [-0.25, -0.2) is 0 Å². The summed E-state index contributed by atoms with van der Waals surface area (Å²) < 4.78 is 11.0. The smallest absolute Gasteiger partial charge is 0.223 e. The molecule has 1 saturated heterocycles. The van der Waals surface area contributed by atoms with Gasteiger partial charge in [-0.05, 0) is 24.7 Å². The van der Waals surface area contributed by atoms with E-state index in [0.717, 1.165) is 25.9 Å². The minimum Gasteiger partial charge on any atom is -0.425 e. The Labute approximate surface area is 131 Å². The van der Waals surface area contributed by atoms with Gasteiger partial charge >= 0.3 is 0 Å². The molecule has 3 rings (SSSR count). The van der Waals surface area contributed by atoms with E-state index in [9.17, 15) is 4.79 Å². The maximum absolute atomic E-state index is 12.3. The van der Waals surface area contributed by atoms with Crippen LogP contribution in [0.3, 0.4) is 0 Å². The highest BCUT2D eigenvalue weighted by Crippen LogP contribution is 2.39. The minimum absolute atomic E-state index is 0.202. The number of carbonyl (C=O) groups excluding carboxylic acids is 1. The Hall–Kier alpha value is -1.43. The molecule has 2 heterocycles. The van der Waals surface area contributed by atoms with Crippen LogP contribution in [-0.4, -0.2) is 47.3 Å². The monoisotopic (exact) mass is 307 g/mol. The van der Waals surface area contributed by atoms with Crippen molar-refractivity contribution in [3.8, 4) is 0 Å². The van der Waals surface area contributed by atoms with Gasteiger partial charge in [0.05, 0.1) is 6.10 Å². The third-order valence-electron chi connectivity index (χ3n) is 4.92. The quantitative estimate of drug-likeness (QED) is 0.832. The summed E-state index contributed by atoms with van der Waals surface area (Å²) in [5.41, 5.74) is 0. The Morgan fingerprint density at radius 1 is 1.32 bits per heavy atom. The molecule has 22 heavy (non-hydrogen) atoms. The lowest BCUT2D eigenvalue weighted by Gasteiger charge is -2.18. The first-order chi connectivity index (χ1) is 10.6. The number of hydrogen-bond acceptors (Lipinski definition) is 5. The zero-order chi connectivity index (χ0) is 15.7. The van der Waals surface area contributed by atoms with Gasteiger partial charge in [-0.15, -0.1) is 10.2 Å². The number of carbonyl (C=O) groups is 1. The number of methoxy groups -OCH3 is 1. The lowest BCUT2D eigenvalue weighted by molar-refractivity contribution is -0.130. The molecule has 1 aromatic rings. The van der Waals surface area contributed by atoms with Crippen molar-refractivity contribution in [1.82, 2.24) is 15.1 Å². The van der Waals surface area contributed by atoms with Gasteiger partial charge in [0, 0.05) is 39.0 Å². The summed E-state index contributed by atoms with van der Waals surface area (Å²) in [5, 5.41) is 8.01. The zero-order valence-corrected chi connectivity index (χ0v) is 13.6. The van der Waals surface area contributed by atoms with Crippen molar-refractivity contribution in [3.63, 3.8) is 0 Å². The van der Waals surface area contributed by atoms with Gasteiger partial charge in [-0.3, -0.25) is 4.79 Å². The van der Waals surface area contributed by atoms with Gasteiger partial charge in [-0.1, -0.05) is 13.8 Å². The van der Waals surface area contributed by atoms with Crippen molar-refractivity contribution >= 4 is 5.91 Å². The highest BCUT2D eigenvalue weighted by atomic mass is 16.5. The van der Waals surface area contributed by atoms with Crippen LogP contribution in [0.15, 0.2) is 4.42 Å². The van der Waals surface area contributed by atoms with E-state index in [1.165, 1.54) is 0 Å². The number of aromatic nitrogens is 2. The summed E-state index contributed by atoms with van der Waals surface area (Å²) >= 11 is 0. The predicted octanol–water partition coefficient (Wildman–Crippen LogP) is 2.01. The molecule has 0 spiro atoms. The lowest BCUT2D eigenvalue weighted by atomic mass is 10.0. The van der Waals surface area contributed by atoms with Crippen LogP contribution >= 0.6 is 0 Å². The normalized spacial score (nSPS) is 27.6. The molecule has 3 atom stereocenters. The number of hydrogen-bond donors (Lipinski definition) is 0. The lowest BCUT2D eigenvalue weighted by Crippen LogP contribution is -2.30. The molecule has 1 unspecified atom stereocenters. The number of rotatable bonds is 5. The highest BCUT2D eigenvalue weighted by molar-refractivity contribution is 5.76. The number of fused-ring (bicyclic) bond motifs is 1. The third kappa shape index (κ3) is 3.16. The largest absolute Gasteiger partial charge is 0.425 e. The molecule has 122 valence electrons. The van der Waals surface area contributed by atoms with Crippen LogP contribution < -0.4 is 0 Å². The Morgan fingerprint density at radius 3 is 2.55 bits per heavy atom. The molecule has 1 aliphatic carbocycles. The first kappa shape index (κ1) is 15.5. The second-order valence-corrected chi connectivity index (χ2v) is 6.84. The molecule has 0 bridgehead atoms. The first-order valence-corrected chi connectivity index (χ1v) is 8.19. The van der Waals surface area contributed by atoms with E-state index in [1.807, 2.05) is 18.7 Å². The summed E-state index contributed by atoms with van der Waals surface area (Å²) in [6.07, 6.45) is 3.55. The fourth-order valence-electron chi connectivity index (χ4n) is 3.61. The molecule has 2 aliphatic rings. The van der Waals surface area contributed by atoms with Crippen molar-refractivity contribution in [2.75, 3.05) is 20.2 Å². The van der Waals surface area contributed by atoms with E-state index in [0.29, 0.717) is 42.6 Å². The predicted molar refractivity (Wildman–Crippen MR) is 80.3 cm³/mol. The van der Waals surface area contributed by atoms with Gasteiger partial charge < -0.3 is 14.1 Å². The molecule has 0 N–H and O–H groups in total. The van der Waals surface area contributed by atoms with Crippen LogP contribution in [-0.2, 0) is 16.0 Å². The number of amides is 1. The molecular weight excluding hydrogens is 282 g/mol. The second-order valence-electron chi connectivity index (χ2n) is 6.84. The molecule has 0 radical (unpaired) electrons. The summed E-state index contributed by atoms with van der Waals surface area (Å²) in [6, 6.07) is 0. The van der Waals surface area contributed by atoms with Crippen molar-refractivity contribution in [3.05, 3.63) is 11.8 Å². The maximum Gasteiger partial charge on any atom is 0.223 e. The van der Waals surface area contributed by atoms with E-state index >= 15 is 0 Å².